The van der Waals surface area contributed by atoms with Gasteiger partial charge in [0.15, 0.2) is 5.78 Å². The van der Waals surface area contributed by atoms with Crippen molar-refractivity contribution in [1.82, 2.24) is 9.78 Å². The molecule has 0 aliphatic heterocycles. The minimum absolute atomic E-state index is 0.104. The Morgan fingerprint density at radius 3 is 2.75 bits per heavy atom. The highest BCUT2D eigenvalue weighted by Crippen LogP contribution is 2.14. The molecule has 0 radical (unpaired) electrons. The molecule has 4 nitrogen and oxygen atoms in total. The lowest BCUT2D eigenvalue weighted by Gasteiger charge is -2.06. The lowest BCUT2D eigenvalue weighted by Crippen LogP contribution is -2.18. The summed E-state index contributed by atoms with van der Waals surface area (Å²) in [5.41, 5.74) is 0.234. The topological polar surface area (TPSA) is 44.1 Å². The molecular formula is C9H11F3N2O2. The molecule has 0 amide bonds. The van der Waals surface area contributed by atoms with Gasteiger partial charge < -0.3 is 4.74 Å². The van der Waals surface area contributed by atoms with E-state index in [0.717, 1.165) is 0 Å². The van der Waals surface area contributed by atoms with Crippen molar-refractivity contribution in [2.45, 2.75) is 12.6 Å². The summed E-state index contributed by atoms with van der Waals surface area (Å²) < 4.78 is 40.8. The highest BCUT2D eigenvalue weighted by atomic mass is 19.4. The molecule has 1 aromatic heterocycles. The maximum atomic E-state index is 11.7. The molecular weight excluding hydrogens is 225 g/mol. The molecule has 0 saturated carbocycles. The van der Waals surface area contributed by atoms with Gasteiger partial charge in [-0.25, -0.2) is 0 Å². The Balaban J connectivity index is 2.26. The first-order valence-corrected chi connectivity index (χ1v) is 4.56. The molecule has 0 aliphatic rings. The Hall–Kier alpha value is -1.37. The molecule has 7 heteroatoms. The van der Waals surface area contributed by atoms with Crippen molar-refractivity contribution >= 4 is 5.78 Å². The van der Waals surface area contributed by atoms with Crippen LogP contribution in [-0.2, 0) is 11.8 Å². The molecule has 16 heavy (non-hydrogen) atoms. The standard InChI is InChI=1S/C9H11F3N2O2/c1-14-4-2-7(13-14)8(15)3-5-16-6-9(10,11)12/h2,4H,3,5-6H2,1H3. The summed E-state index contributed by atoms with van der Waals surface area (Å²) >= 11 is 0. The van der Waals surface area contributed by atoms with E-state index in [9.17, 15) is 18.0 Å². The van der Waals surface area contributed by atoms with E-state index in [1.807, 2.05) is 0 Å². The summed E-state index contributed by atoms with van der Waals surface area (Å²) in [4.78, 5) is 11.3. The zero-order valence-electron chi connectivity index (χ0n) is 8.62. The molecule has 0 aromatic carbocycles. The number of hydrogen-bond acceptors (Lipinski definition) is 3. The monoisotopic (exact) mass is 236 g/mol. The number of nitrogens with zero attached hydrogens (tertiary/aromatic N) is 2. The number of aromatic nitrogens is 2. The van der Waals surface area contributed by atoms with E-state index >= 15 is 0 Å². The van der Waals surface area contributed by atoms with Crippen molar-refractivity contribution in [3.63, 3.8) is 0 Å². The number of halogens is 3. The lowest BCUT2D eigenvalue weighted by atomic mass is 10.2. The van der Waals surface area contributed by atoms with Crippen LogP contribution >= 0.6 is 0 Å². The molecule has 1 heterocycles. The highest BCUT2D eigenvalue weighted by molar-refractivity contribution is 5.94. The van der Waals surface area contributed by atoms with Gasteiger partial charge in [0.25, 0.3) is 0 Å². The molecule has 0 fully saturated rings. The van der Waals surface area contributed by atoms with E-state index in [1.165, 1.54) is 10.7 Å². The van der Waals surface area contributed by atoms with Gasteiger partial charge in [0.2, 0.25) is 0 Å². The van der Waals surface area contributed by atoms with Crippen molar-refractivity contribution in [1.29, 1.82) is 0 Å². The fourth-order valence-electron chi connectivity index (χ4n) is 1.04. The lowest BCUT2D eigenvalue weighted by molar-refractivity contribution is -0.173. The minimum atomic E-state index is -4.35. The molecule has 0 atom stereocenters. The maximum absolute atomic E-state index is 11.7. The third kappa shape index (κ3) is 4.43. The van der Waals surface area contributed by atoms with E-state index in [2.05, 4.69) is 9.84 Å². The second-order valence-electron chi connectivity index (χ2n) is 3.22. The van der Waals surface area contributed by atoms with Crippen LogP contribution in [0.2, 0.25) is 0 Å². The number of Topliss-reactive ketones (excluding diaryl/α,β-unsaturated/α-hetero) is 1. The smallest absolute Gasteiger partial charge is 0.372 e. The quantitative estimate of drug-likeness (QED) is 0.575. The summed E-state index contributed by atoms with van der Waals surface area (Å²) in [7, 11) is 1.65. The van der Waals surface area contributed by atoms with Crippen LogP contribution < -0.4 is 0 Å². The number of ether oxygens (including phenoxy) is 1. The molecule has 0 N–H and O–H groups in total. The third-order valence-corrected chi connectivity index (χ3v) is 1.74. The Morgan fingerprint density at radius 1 is 1.56 bits per heavy atom. The van der Waals surface area contributed by atoms with Gasteiger partial charge in [-0.15, -0.1) is 0 Å². The third-order valence-electron chi connectivity index (χ3n) is 1.74. The van der Waals surface area contributed by atoms with Crippen LogP contribution in [0, 0.1) is 0 Å². The van der Waals surface area contributed by atoms with E-state index in [-0.39, 0.29) is 24.5 Å². The fraction of sp³-hybridized carbons (Fsp3) is 0.556. The van der Waals surface area contributed by atoms with Crippen LogP contribution in [0.25, 0.3) is 0 Å². The molecule has 0 spiro atoms. The predicted octanol–water partition coefficient (Wildman–Crippen LogP) is 1.57. The van der Waals surface area contributed by atoms with Crippen molar-refractivity contribution in [2.75, 3.05) is 13.2 Å². The van der Waals surface area contributed by atoms with Gasteiger partial charge in [-0.1, -0.05) is 0 Å². The van der Waals surface area contributed by atoms with Gasteiger partial charge in [-0.3, -0.25) is 9.48 Å². The number of aryl methyl sites for hydroxylation is 1. The van der Waals surface area contributed by atoms with Crippen LogP contribution in [0.15, 0.2) is 12.3 Å². The Kier molecular flexibility index (Phi) is 4.05. The molecule has 0 saturated heterocycles. The van der Waals surface area contributed by atoms with Gasteiger partial charge in [0, 0.05) is 19.7 Å². The highest BCUT2D eigenvalue weighted by Gasteiger charge is 2.27. The number of alkyl halides is 3. The first-order chi connectivity index (χ1) is 7.38. The molecule has 0 bridgehead atoms. The predicted molar refractivity (Wildman–Crippen MR) is 49.0 cm³/mol. The summed E-state index contributed by atoms with van der Waals surface area (Å²) in [5, 5.41) is 3.83. The van der Waals surface area contributed by atoms with Crippen LogP contribution in [0.5, 0.6) is 0 Å². The number of carbonyl (C=O) groups excluding carboxylic acids is 1. The van der Waals surface area contributed by atoms with Crippen molar-refractivity contribution < 1.29 is 22.7 Å². The second kappa shape index (κ2) is 5.11. The first kappa shape index (κ1) is 12.7. The van der Waals surface area contributed by atoms with E-state index in [1.54, 1.807) is 13.2 Å². The summed E-state index contributed by atoms with van der Waals surface area (Å²) in [6.45, 7) is -1.59. The fourth-order valence-corrected chi connectivity index (χ4v) is 1.04. The van der Waals surface area contributed by atoms with Gasteiger partial charge in [0.1, 0.15) is 12.3 Å². The van der Waals surface area contributed by atoms with Gasteiger partial charge >= 0.3 is 6.18 Å². The molecule has 1 rings (SSSR count). The normalized spacial score (nSPS) is 11.8. The van der Waals surface area contributed by atoms with Crippen molar-refractivity contribution in [3.8, 4) is 0 Å². The first-order valence-electron chi connectivity index (χ1n) is 4.56. The number of carbonyl (C=O) groups is 1. The summed E-state index contributed by atoms with van der Waals surface area (Å²) in [6.07, 6.45) is -2.87. The molecule has 1 aromatic rings. The van der Waals surface area contributed by atoms with Crippen LogP contribution in [-0.4, -0.2) is 35.0 Å². The van der Waals surface area contributed by atoms with Crippen molar-refractivity contribution in [2.24, 2.45) is 7.05 Å². The molecule has 0 aliphatic carbocycles. The largest absolute Gasteiger partial charge is 0.411 e. The second-order valence-corrected chi connectivity index (χ2v) is 3.22. The van der Waals surface area contributed by atoms with Crippen LogP contribution in [0.1, 0.15) is 16.9 Å². The minimum Gasteiger partial charge on any atom is -0.372 e. The number of hydrogen-bond donors (Lipinski definition) is 0. The van der Waals surface area contributed by atoms with E-state index < -0.39 is 12.8 Å². The number of rotatable bonds is 5. The molecule has 90 valence electrons. The molecule has 0 unspecified atom stereocenters. The summed E-state index contributed by atoms with van der Waals surface area (Å²) in [6, 6.07) is 1.51. The van der Waals surface area contributed by atoms with Crippen LogP contribution in [0.4, 0.5) is 13.2 Å². The van der Waals surface area contributed by atoms with Gasteiger partial charge in [-0.2, -0.15) is 18.3 Å². The Morgan fingerprint density at radius 2 is 2.25 bits per heavy atom. The van der Waals surface area contributed by atoms with Gasteiger partial charge in [-0.05, 0) is 6.07 Å². The van der Waals surface area contributed by atoms with Gasteiger partial charge in [0.05, 0.1) is 6.61 Å². The average molecular weight is 236 g/mol. The maximum Gasteiger partial charge on any atom is 0.411 e. The Bertz CT molecular complexity index is 360. The van der Waals surface area contributed by atoms with E-state index in [0.29, 0.717) is 0 Å². The van der Waals surface area contributed by atoms with E-state index in [4.69, 9.17) is 0 Å². The van der Waals surface area contributed by atoms with Crippen LogP contribution in [0.3, 0.4) is 0 Å². The number of ketones is 1. The zero-order chi connectivity index (χ0) is 12.2. The zero-order valence-corrected chi connectivity index (χ0v) is 8.62. The van der Waals surface area contributed by atoms with Crippen molar-refractivity contribution in [3.05, 3.63) is 18.0 Å². The SMILES string of the molecule is Cn1ccc(C(=O)CCOCC(F)(F)F)n1. The summed E-state index contributed by atoms with van der Waals surface area (Å²) in [5.74, 6) is -0.331. The average Bonchev–Trinajstić information content (AvgIpc) is 2.57. The Labute approximate surface area is 90.0 Å².